The first-order chi connectivity index (χ1) is 9.63. The molecular weight excluding hydrogens is 244 g/mol. The Hall–Kier alpha value is -1.02. The summed E-state index contributed by atoms with van der Waals surface area (Å²) in [6.45, 7) is 9.11. The van der Waals surface area contributed by atoms with Crippen molar-refractivity contribution in [1.29, 1.82) is 0 Å². The SMILES string of the molecule is CCN(CC1CC(C)CCC1NC)c1cccc(C)c1. The maximum atomic E-state index is 3.54. The van der Waals surface area contributed by atoms with Crippen LogP contribution in [0.15, 0.2) is 24.3 Å². The van der Waals surface area contributed by atoms with Crippen molar-refractivity contribution in [2.45, 2.75) is 46.1 Å². The Bertz CT molecular complexity index is 416. The fourth-order valence-corrected chi connectivity index (χ4v) is 3.61. The number of hydrogen-bond acceptors (Lipinski definition) is 2. The van der Waals surface area contributed by atoms with E-state index in [1.54, 1.807) is 0 Å². The summed E-state index contributed by atoms with van der Waals surface area (Å²) in [7, 11) is 2.12. The molecule has 1 aromatic rings. The minimum absolute atomic E-state index is 0.685. The highest BCUT2D eigenvalue weighted by atomic mass is 15.1. The summed E-state index contributed by atoms with van der Waals surface area (Å²) < 4.78 is 0. The molecule has 0 radical (unpaired) electrons. The van der Waals surface area contributed by atoms with Crippen molar-refractivity contribution in [3.63, 3.8) is 0 Å². The molecule has 1 aliphatic rings. The van der Waals surface area contributed by atoms with Crippen LogP contribution < -0.4 is 10.2 Å². The fraction of sp³-hybridized carbons (Fsp3) is 0.667. The lowest BCUT2D eigenvalue weighted by Gasteiger charge is -2.38. The molecule has 1 saturated carbocycles. The van der Waals surface area contributed by atoms with E-state index in [0.717, 1.165) is 18.4 Å². The number of rotatable bonds is 5. The normalized spacial score (nSPS) is 26.5. The van der Waals surface area contributed by atoms with Crippen LogP contribution in [-0.2, 0) is 0 Å². The van der Waals surface area contributed by atoms with Crippen LogP contribution in [0.25, 0.3) is 0 Å². The molecule has 0 aromatic heterocycles. The average Bonchev–Trinajstić information content (AvgIpc) is 2.45. The van der Waals surface area contributed by atoms with Crippen LogP contribution in [0, 0.1) is 18.8 Å². The summed E-state index contributed by atoms with van der Waals surface area (Å²) in [5, 5.41) is 3.54. The molecule has 3 unspecified atom stereocenters. The van der Waals surface area contributed by atoms with Gasteiger partial charge in [-0.25, -0.2) is 0 Å². The average molecular weight is 274 g/mol. The van der Waals surface area contributed by atoms with Gasteiger partial charge in [0.15, 0.2) is 0 Å². The summed E-state index contributed by atoms with van der Waals surface area (Å²) >= 11 is 0. The molecule has 2 heteroatoms. The topological polar surface area (TPSA) is 15.3 Å². The summed E-state index contributed by atoms with van der Waals surface area (Å²) in [6, 6.07) is 9.59. The van der Waals surface area contributed by atoms with E-state index in [-0.39, 0.29) is 0 Å². The first kappa shape index (κ1) is 15.4. The summed E-state index contributed by atoms with van der Waals surface area (Å²) in [5.41, 5.74) is 2.73. The van der Waals surface area contributed by atoms with Crippen molar-refractivity contribution >= 4 is 5.69 Å². The summed E-state index contributed by atoms with van der Waals surface area (Å²) in [5.74, 6) is 1.64. The second-order valence-electron chi connectivity index (χ2n) is 6.45. The van der Waals surface area contributed by atoms with Crippen LogP contribution in [0.5, 0.6) is 0 Å². The van der Waals surface area contributed by atoms with Gasteiger partial charge in [-0.15, -0.1) is 0 Å². The standard InChI is InChI=1S/C18H30N2/c1-5-20(17-8-6-7-14(2)12-17)13-16-11-15(3)9-10-18(16)19-4/h6-8,12,15-16,18-19H,5,9-11,13H2,1-4H3. The van der Waals surface area contributed by atoms with Gasteiger partial charge in [-0.1, -0.05) is 19.1 Å². The van der Waals surface area contributed by atoms with Crippen LogP contribution in [0.2, 0.25) is 0 Å². The Morgan fingerprint density at radius 1 is 1.30 bits per heavy atom. The Kier molecular flexibility index (Phi) is 5.47. The maximum Gasteiger partial charge on any atom is 0.0368 e. The van der Waals surface area contributed by atoms with E-state index in [2.05, 4.69) is 62.3 Å². The van der Waals surface area contributed by atoms with E-state index in [4.69, 9.17) is 0 Å². The smallest absolute Gasteiger partial charge is 0.0368 e. The second kappa shape index (κ2) is 7.12. The molecule has 0 amide bonds. The quantitative estimate of drug-likeness (QED) is 0.877. The molecule has 1 fully saturated rings. The van der Waals surface area contributed by atoms with E-state index < -0.39 is 0 Å². The Morgan fingerprint density at radius 2 is 2.10 bits per heavy atom. The van der Waals surface area contributed by atoms with Crippen molar-refractivity contribution in [1.82, 2.24) is 5.32 Å². The first-order valence-electron chi connectivity index (χ1n) is 8.13. The number of hydrogen-bond donors (Lipinski definition) is 1. The van der Waals surface area contributed by atoms with E-state index in [9.17, 15) is 0 Å². The molecule has 0 heterocycles. The minimum atomic E-state index is 0.685. The molecule has 1 aliphatic carbocycles. The van der Waals surface area contributed by atoms with Crippen molar-refractivity contribution in [3.8, 4) is 0 Å². The highest BCUT2D eigenvalue weighted by Crippen LogP contribution is 2.30. The molecule has 0 saturated heterocycles. The van der Waals surface area contributed by atoms with Gasteiger partial charge in [-0.2, -0.15) is 0 Å². The molecule has 0 bridgehead atoms. The number of nitrogens with zero attached hydrogens (tertiary/aromatic N) is 1. The van der Waals surface area contributed by atoms with Crippen molar-refractivity contribution in [2.75, 3.05) is 25.0 Å². The number of nitrogens with one attached hydrogen (secondary N) is 1. The van der Waals surface area contributed by atoms with Gasteiger partial charge in [0, 0.05) is 24.8 Å². The Balaban J connectivity index is 2.08. The highest BCUT2D eigenvalue weighted by molar-refractivity contribution is 5.48. The Labute approximate surface area is 124 Å². The van der Waals surface area contributed by atoms with Gasteiger partial charge in [0.1, 0.15) is 0 Å². The minimum Gasteiger partial charge on any atom is -0.371 e. The lowest BCUT2D eigenvalue weighted by atomic mass is 9.78. The fourth-order valence-electron chi connectivity index (χ4n) is 3.61. The monoisotopic (exact) mass is 274 g/mol. The van der Waals surface area contributed by atoms with Crippen molar-refractivity contribution in [2.24, 2.45) is 11.8 Å². The maximum absolute atomic E-state index is 3.54. The molecule has 1 N–H and O–H groups in total. The number of anilines is 1. The van der Waals surface area contributed by atoms with Crippen LogP contribution >= 0.6 is 0 Å². The third kappa shape index (κ3) is 3.76. The highest BCUT2D eigenvalue weighted by Gasteiger charge is 2.28. The molecule has 1 aromatic carbocycles. The van der Waals surface area contributed by atoms with Gasteiger partial charge >= 0.3 is 0 Å². The number of benzene rings is 1. The van der Waals surface area contributed by atoms with Gasteiger partial charge in [-0.05, 0) is 69.7 Å². The molecule has 20 heavy (non-hydrogen) atoms. The molecule has 112 valence electrons. The van der Waals surface area contributed by atoms with Gasteiger partial charge < -0.3 is 10.2 Å². The second-order valence-corrected chi connectivity index (χ2v) is 6.45. The van der Waals surface area contributed by atoms with Crippen molar-refractivity contribution in [3.05, 3.63) is 29.8 Å². The van der Waals surface area contributed by atoms with E-state index in [1.807, 2.05) is 0 Å². The number of aryl methyl sites for hydroxylation is 1. The Morgan fingerprint density at radius 3 is 2.75 bits per heavy atom. The van der Waals surface area contributed by atoms with Crippen molar-refractivity contribution < 1.29 is 0 Å². The predicted molar refractivity (Wildman–Crippen MR) is 88.4 cm³/mol. The molecule has 2 rings (SSSR count). The van der Waals surface area contributed by atoms with E-state index in [1.165, 1.54) is 37.1 Å². The summed E-state index contributed by atoms with van der Waals surface area (Å²) in [6.07, 6.45) is 4.06. The lowest BCUT2D eigenvalue weighted by molar-refractivity contribution is 0.224. The third-order valence-corrected chi connectivity index (χ3v) is 4.82. The lowest BCUT2D eigenvalue weighted by Crippen LogP contribution is -2.44. The van der Waals surface area contributed by atoms with Crippen LogP contribution in [0.1, 0.15) is 38.7 Å². The molecular formula is C18H30N2. The predicted octanol–water partition coefficient (Wildman–Crippen LogP) is 3.85. The van der Waals surface area contributed by atoms with Gasteiger partial charge in [0.25, 0.3) is 0 Å². The van der Waals surface area contributed by atoms with Crippen LogP contribution in [0.3, 0.4) is 0 Å². The zero-order valence-electron chi connectivity index (χ0n) is 13.5. The van der Waals surface area contributed by atoms with E-state index in [0.29, 0.717) is 6.04 Å². The van der Waals surface area contributed by atoms with E-state index >= 15 is 0 Å². The van der Waals surface area contributed by atoms with Gasteiger partial charge in [0.05, 0.1) is 0 Å². The molecule has 0 spiro atoms. The molecule has 2 nitrogen and oxygen atoms in total. The van der Waals surface area contributed by atoms with Crippen LogP contribution in [-0.4, -0.2) is 26.2 Å². The zero-order valence-corrected chi connectivity index (χ0v) is 13.5. The van der Waals surface area contributed by atoms with Crippen LogP contribution in [0.4, 0.5) is 5.69 Å². The van der Waals surface area contributed by atoms with Gasteiger partial charge in [0.2, 0.25) is 0 Å². The molecule has 3 atom stereocenters. The largest absolute Gasteiger partial charge is 0.371 e. The zero-order chi connectivity index (χ0) is 14.5. The third-order valence-electron chi connectivity index (χ3n) is 4.82. The first-order valence-corrected chi connectivity index (χ1v) is 8.13. The molecule has 0 aliphatic heterocycles. The summed E-state index contributed by atoms with van der Waals surface area (Å²) in [4.78, 5) is 2.54. The van der Waals surface area contributed by atoms with Gasteiger partial charge in [-0.3, -0.25) is 0 Å².